The minimum atomic E-state index is -4.40. The molecule has 0 aliphatic carbocycles. The average molecular weight is 710 g/mol. The molecule has 50 heavy (non-hydrogen) atoms. The lowest BCUT2D eigenvalue weighted by Crippen LogP contribution is -2.59. The Balaban J connectivity index is 1.41. The van der Waals surface area contributed by atoms with Crippen LogP contribution in [0.25, 0.3) is 11.1 Å². The number of ether oxygens (including phenoxy) is 2. The quantitative estimate of drug-likeness (QED) is 0.169. The van der Waals surface area contributed by atoms with Crippen molar-refractivity contribution in [1.82, 2.24) is 0 Å². The molecule has 2 aliphatic heterocycles. The zero-order chi connectivity index (χ0) is 35.7. The van der Waals surface area contributed by atoms with Gasteiger partial charge in [-0.15, -0.1) is 0 Å². The predicted octanol–water partition coefficient (Wildman–Crippen LogP) is 4.08. The minimum Gasteiger partial charge on any atom is -0.388 e. The van der Waals surface area contributed by atoms with Gasteiger partial charge >= 0.3 is 0 Å². The van der Waals surface area contributed by atoms with Crippen LogP contribution in [0.5, 0.6) is 0 Å². The summed E-state index contributed by atoms with van der Waals surface area (Å²) in [5.74, 6) is -2.98. The first-order chi connectivity index (χ1) is 23.9. The largest absolute Gasteiger partial charge is 0.388 e. The summed E-state index contributed by atoms with van der Waals surface area (Å²) in [6.45, 7) is 0. The normalized spacial score (nSPS) is 26.0. The first-order valence-electron chi connectivity index (χ1n) is 16.1. The van der Waals surface area contributed by atoms with Crippen LogP contribution in [-0.4, -0.2) is 78.3 Å². The molecule has 6 rings (SSSR count). The van der Waals surface area contributed by atoms with E-state index in [2.05, 4.69) is 0 Å². The zero-order valence-corrected chi connectivity index (χ0v) is 27.7. The Hall–Kier alpha value is -4.08. The van der Waals surface area contributed by atoms with E-state index in [-0.39, 0.29) is 29.2 Å². The fraction of sp³-hybridized carbons (Fsp3) is 0.324. The molecule has 4 N–H and O–H groups in total. The van der Waals surface area contributed by atoms with Gasteiger partial charge in [-0.05, 0) is 77.6 Å². The number of amides is 1. The molecule has 8 unspecified atom stereocenters. The van der Waals surface area contributed by atoms with Crippen LogP contribution in [0.4, 0.5) is 14.5 Å². The van der Waals surface area contributed by atoms with E-state index in [0.717, 1.165) is 0 Å². The molecule has 264 valence electrons. The third kappa shape index (κ3) is 7.08. The van der Waals surface area contributed by atoms with Crippen molar-refractivity contribution in [2.45, 2.75) is 60.6 Å². The number of benzene rings is 4. The molecule has 0 aromatic heterocycles. The van der Waals surface area contributed by atoms with E-state index in [1.54, 1.807) is 36.4 Å². The third-order valence-corrected chi connectivity index (χ3v) is 11.2. The minimum absolute atomic E-state index is 0.0979. The Morgan fingerprint density at radius 2 is 1.48 bits per heavy atom. The van der Waals surface area contributed by atoms with Gasteiger partial charge in [0.1, 0.15) is 36.1 Å². The molecule has 0 radical (unpaired) electrons. The number of anilines is 1. The van der Waals surface area contributed by atoms with Crippen molar-refractivity contribution in [3.63, 3.8) is 0 Å². The van der Waals surface area contributed by atoms with Crippen LogP contribution in [-0.2, 0) is 24.1 Å². The standard InChI is InChI=1S/C37H37F2NO9S/c1-48-37-35(44)34(43)33(42)30(49-37)20-50(46,47)31-19-23(21-5-3-2-4-6-21)9-16-27(31)32-28(17-18-29(41)22-7-10-24(38)11-8-22)36(45)40(32)26-14-12-25(39)13-15-26/h2-16,19,28-30,32-35,37,41-44H,17-18,20H2,1H3. The van der Waals surface area contributed by atoms with Crippen molar-refractivity contribution in [1.29, 1.82) is 0 Å². The first-order valence-corrected chi connectivity index (χ1v) is 17.7. The van der Waals surface area contributed by atoms with Crippen LogP contribution in [0.3, 0.4) is 0 Å². The van der Waals surface area contributed by atoms with Gasteiger partial charge in [0.15, 0.2) is 16.1 Å². The van der Waals surface area contributed by atoms with Gasteiger partial charge in [0, 0.05) is 12.8 Å². The molecule has 0 spiro atoms. The number of nitrogens with zero attached hydrogens (tertiary/aromatic N) is 1. The van der Waals surface area contributed by atoms with Crippen LogP contribution in [0.15, 0.2) is 102 Å². The highest BCUT2D eigenvalue weighted by atomic mass is 32.2. The lowest BCUT2D eigenvalue weighted by molar-refractivity contribution is -0.285. The van der Waals surface area contributed by atoms with Gasteiger partial charge in [0.05, 0.1) is 28.7 Å². The summed E-state index contributed by atoms with van der Waals surface area (Å²) in [6.07, 6.45) is -8.85. The van der Waals surface area contributed by atoms with Crippen LogP contribution in [0, 0.1) is 17.6 Å². The van der Waals surface area contributed by atoms with Crippen molar-refractivity contribution in [2.24, 2.45) is 5.92 Å². The van der Waals surface area contributed by atoms with Gasteiger partial charge in [-0.1, -0.05) is 54.6 Å². The number of carbonyl (C=O) groups is 1. The van der Waals surface area contributed by atoms with E-state index in [9.17, 15) is 42.4 Å². The molecule has 10 nitrogen and oxygen atoms in total. The summed E-state index contributed by atoms with van der Waals surface area (Å²) in [5, 5.41) is 42.3. The molecule has 0 saturated carbocycles. The summed E-state index contributed by atoms with van der Waals surface area (Å²) < 4.78 is 67.0. The van der Waals surface area contributed by atoms with Crippen molar-refractivity contribution < 1.29 is 51.9 Å². The summed E-state index contributed by atoms with van der Waals surface area (Å²) >= 11 is 0. The van der Waals surface area contributed by atoms with Crippen molar-refractivity contribution in [3.05, 3.63) is 120 Å². The molecule has 0 bridgehead atoms. The van der Waals surface area contributed by atoms with E-state index in [1.165, 1.54) is 66.6 Å². The van der Waals surface area contributed by atoms with Gasteiger partial charge in [-0.3, -0.25) is 4.79 Å². The number of methoxy groups -OCH3 is 1. The molecule has 13 heteroatoms. The highest BCUT2D eigenvalue weighted by molar-refractivity contribution is 7.91. The molecule has 4 aromatic rings. The van der Waals surface area contributed by atoms with E-state index >= 15 is 0 Å². The van der Waals surface area contributed by atoms with E-state index in [4.69, 9.17) is 9.47 Å². The summed E-state index contributed by atoms with van der Waals surface area (Å²) in [6, 6.07) is 23.5. The van der Waals surface area contributed by atoms with Gasteiger partial charge in [0.25, 0.3) is 0 Å². The third-order valence-electron chi connectivity index (χ3n) is 9.38. The molecule has 1 amide bonds. The van der Waals surface area contributed by atoms with Crippen LogP contribution < -0.4 is 4.90 Å². The SMILES string of the molecule is COC1OC(CS(=O)(=O)c2cc(-c3ccccc3)ccc2C2C(CCC(O)c3ccc(F)cc3)C(=O)N2c2ccc(F)cc2)C(O)C(O)C1O. The summed E-state index contributed by atoms with van der Waals surface area (Å²) in [7, 11) is -3.19. The highest BCUT2D eigenvalue weighted by Gasteiger charge is 2.51. The average Bonchev–Trinajstić information content (AvgIpc) is 3.12. The monoisotopic (exact) mass is 709 g/mol. The Bertz CT molecular complexity index is 1910. The Labute approximate surface area is 288 Å². The fourth-order valence-electron chi connectivity index (χ4n) is 6.68. The second-order valence-electron chi connectivity index (χ2n) is 12.5. The number of hydrogen-bond donors (Lipinski definition) is 4. The number of β-lactam (4-membered cyclic amide) rings is 1. The van der Waals surface area contributed by atoms with E-state index in [0.29, 0.717) is 22.4 Å². The van der Waals surface area contributed by atoms with Crippen LogP contribution >= 0.6 is 0 Å². The number of sulfone groups is 1. The Morgan fingerprint density at radius 1 is 0.840 bits per heavy atom. The fourth-order valence-corrected chi connectivity index (χ4v) is 8.42. The highest BCUT2D eigenvalue weighted by Crippen LogP contribution is 2.49. The lowest BCUT2D eigenvalue weighted by Gasteiger charge is -2.48. The van der Waals surface area contributed by atoms with E-state index in [1.807, 2.05) is 6.07 Å². The van der Waals surface area contributed by atoms with Gasteiger partial charge < -0.3 is 34.8 Å². The van der Waals surface area contributed by atoms with Crippen molar-refractivity contribution in [3.8, 4) is 11.1 Å². The zero-order valence-electron chi connectivity index (χ0n) is 26.9. The van der Waals surface area contributed by atoms with Crippen LogP contribution in [0.2, 0.25) is 0 Å². The lowest BCUT2D eigenvalue weighted by atomic mass is 9.78. The van der Waals surface area contributed by atoms with Gasteiger partial charge in [-0.25, -0.2) is 17.2 Å². The summed E-state index contributed by atoms with van der Waals surface area (Å²) in [5.41, 5.74) is 2.28. The molecule has 2 aliphatic rings. The topological polar surface area (TPSA) is 154 Å². The van der Waals surface area contributed by atoms with Crippen molar-refractivity contribution >= 4 is 21.4 Å². The molecule has 2 fully saturated rings. The van der Waals surface area contributed by atoms with Crippen LogP contribution in [0.1, 0.15) is 36.1 Å². The molecule has 2 saturated heterocycles. The molecular formula is C37H37F2NO9S. The number of aliphatic hydroxyl groups is 4. The number of hydrogen-bond acceptors (Lipinski definition) is 9. The number of carbonyl (C=O) groups excluding carboxylic acids is 1. The van der Waals surface area contributed by atoms with E-state index < -0.39 is 76.0 Å². The van der Waals surface area contributed by atoms with Crippen molar-refractivity contribution in [2.75, 3.05) is 17.8 Å². The maximum atomic E-state index is 14.4. The predicted molar refractivity (Wildman–Crippen MR) is 178 cm³/mol. The maximum absolute atomic E-state index is 14.4. The summed E-state index contributed by atoms with van der Waals surface area (Å²) in [4.78, 5) is 15.0. The number of aliphatic hydroxyl groups excluding tert-OH is 4. The Morgan fingerprint density at radius 3 is 2.12 bits per heavy atom. The molecule has 2 heterocycles. The second kappa shape index (κ2) is 14.6. The van der Waals surface area contributed by atoms with Gasteiger partial charge in [-0.2, -0.15) is 0 Å². The second-order valence-corrected chi connectivity index (χ2v) is 14.5. The molecule has 8 atom stereocenters. The molecule has 4 aromatic carbocycles. The smallest absolute Gasteiger partial charge is 0.233 e. The Kier molecular flexibility index (Phi) is 10.5. The first kappa shape index (κ1) is 35.7. The van der Waals surface area contributed by atoms with Gasteiger partial charge in [0.2, 0.25) is 5.91 Å². The number of halogens is 2. The molecular weight excluding hydrogens is 672 g/mol. The maximum Gasteiger partial charge on any atom is 0.233 e. The number of rotatable bonds is 11.